The summed E-state index contributed by atoms with van der Waals surface area (Å²) >= 11 is 0. The van der Waals surface area contributed by atoms with Crippen LogP contribution in [0.4, 0.5) is 0 Å². The molecule has 0 N–H and O–H groups in total. The summed E-state index contributed by atoms with van der Waals surface area (Å²) in [5, 5.41) is 0. The molecular weight excluding hydrogens is 264 g/mol. The Morgan fingerprint density at radius 1 is 0.773 bits per heavy atom. The van der Waals surface area contributed by atoms with E-state index in [0.29, 0.717) is 17.8 Å². The van der Waals surface area contributed by atoms with Crippen LogP contribution in [-0.4, -0.2) is 0 Å². The third-order valence-corrected chi connectivity index (χ3v) is 5.59. The molecule has 22 heavy (non-hydrogen) atoms. The van der Waals surface area contributed by atoms with Crippen molar-refractivity contribution in [1.29, 1.82) is 0 Å². The summed E-state index contributed by atoms with van der Waals surface area (Å²) in [5.74, 6) is 2.78. The lowest BCUT2D eigenvalue weighted by molar-refractivity contribution is 0.194. The van der Waals surface area contributed by atoms with Crippen molar-refractivity contribution in [3.8, 4) is 0 Å². The molecule has 0 spiro atoms. The fourth-order valence-corrected chi connectivity index (χ4v) is 4.52. The van der Waals surface area contributed by atoms with Crippen LogP contribution >= 0.6 is 0 Å². The molecule has 0 heterocycles. The van der Waals surface area contributed by atoms with E-state index in [1.807, 2.05) is 0 Å². The Kier molecular flexibility index (Phi) is 3.84. The summed E-state index contributed by atoms with van der Waals surface area (Å²) in [4.78, 5) is 0. The lowest BCUT2D eigenvalue weighted by Gasteiger charge is -2.43. The molecule has 0 saturated heterocycles. The van der Waals surface area contributed by atoms with E-state index in [2.05, 4.69) is 72.8 Å². The molecule has 0 nitrogen and oxygen atoms in total. The molecule has 2 aliphatic carbocycles. The zero-order valence-electron chi connectivity index (χ0n) is 13.0. The number of fused-ring (bicyclic) bond motifs is 1. The minimum atomic E-state index is 0.637. The van der Waals surface area contributed by atoms with Crippen LogP contribution in [0.3, 0.4) is 0 Å². The fraction of sp³-hybridized carbons (Fsp3) is 0.364. The van der Waals surface area contributed by atoms with Gasteiger partial charge in [-0.2, -0.15) is 0 Å². The van der Waals surface area contributed by atoms with Gasteiger partial charge in [0.15, 0.2) is 0 Å². The van der Waals surface area contributed by atoms with Crippen molar-refractivity contribution in [3.05, 3.63) is 83.9 Å². The third-order valence-electron chi connectivity index (χ3n) is 5.59. The van der Waals surface area contributed by atoms with E-state index in [1.165, 1.54) is 36.8 Å². The molecule has 111 valence electrons. The Morgan fingerprint density at radius 3 is 2.18 bits per heavy atom. The lowest BCUT2D eigenvalue weighted by atomic mass is 9.61. The molecule has 2 aromatic carbocycles. The van der Waals surface area contributed by atoms with Gasteiger partial charge in [-0.25, -0.2) is 0 Å². The van der Waals surface area contributed by atoms with E-state index in [-0.39, 0.29) is 0 Å². The molecule has 4 rings (SSSR count). The quantitative estimate of drug-likeness (QED) is 0.661. The Hall–Kier alpha value is -1.82. The number of hydrogen-bond donors (Lipinski definition) is 0. The number of hydrogen-bond acceptors (Lipinski definition) is 0. The summed E-state index contributed by atoms with van der Waals surface area (Å²) in [6, 6.07) is 22.3. The van der Waals surface area contributed by atoms with Crippen LogP contribution < -0.4 is 0 Å². The molecule has 0 bridgehead atoms. The van der Waals surface area contributed by atoms with Crippen molar-refractivity contribution in [2.24, 2.45) is 11.8 Å². The molecule has 2 aromatic rings. The highest BCUT2D eigenvalue weighted by atomic mass is 14.4. The van der Waals surface area contributed by atoms with Crippen molar-refractivity contribution in [1.82, 2.24) is 0 Å². The van der Waals surface area contributed by atoms with Gasteiger partial charge in [0.05, 0.1) is 0 Å². The van der Waals surface area contributed by atoms with Gasteiger partial charge in [-0.1, -0.05) is 66.7 Å². The second-order valence-corrected chi connectivity index (χ2v) is 6.81. The van der Waals surface area contributed by atoms with Gasteiger partial charge in [-0.15, -0.1) is 0 Å². The smallest absolute Gasteiger partial charge is 0.0122 e. The van der Waals surface area contributed by atoms with Crippen LogP contribution in [0.2, 0.25) is 0 Å². The van der Waals surface area contributed by atoms with Crippen molar-refractivity contribution in [3.63, 3.8) is 0 Å². The van der Waals surface area contributed by atoms with Crippen LogP contribution in [0.15, 0.2) is 66.7 Å². The fourth-order valence-electron chi connectivity index (χ4n) is 4.52. The SMILES string of the molecule is [C]1=CCCC2C1CC(c1ccccc1)CC2c1ccccc1. The van der Waals surface area contributed by atoms with Gasteiger partial charge in [0.2, 0.25) is 0 Å². The topological polar surface area (TPSA) is 0 Å². The van der Waals surface area contributed by atoms with Crippen LogP contribution in [0, 0.1) is 17.9 Å². The molecule has 0 aromatic heterocycles. The van der Waals surface area contributed by atoms with Crippen molar-refractivity contribution in [2.45, 2.75) is 37.5 Å². The predicted octanol–water partition coefficient (Wildman–Crippen LogP) is 5.73. The van der Waals surface area contributed by atoms with Crippen molar-refractivity contribution in [2.75, 3.05) is 0 Å². The van der Waals surface area contributed by atoms with E-state index in [4.69, 9.17) is 0 Å². The average molecular weight is 287 g/mol. The molecule has 2 aliphatic rings. The molecule has 0 amide bonds. The minimum Gasteiger partial charge on any atom is -0.0807 e. The largest absolute Gasteiger partial charge is 0.0807 e. The lowest BCUT2D eigenvalue weighted by Crippen LogP contribution is -2.31. The first-order valence-electron chi connectivity index (χ1n) is 8.59. The summed E-state index contributed by atoms with van der Waals surface area (Å²) in [6.07, 6.45) is 11.1. The maximum absolute atomic E-state index is 3.70. The minimum absolute atomic E-state index is 0.637. The Morgan fingerprint density at radius 2 is 1.45 bits per heavy atom. The Balaban J connectivity index is 1.68. The first kappa shape index (κ1) is 13.8. The molecule has 4 atom stereocenters. The number of rotatable bonds is 2. The van der Waals surface area contributed by atoms with E-state index >= 15 is 0 Å². The van der Waals surface area contributed by atoms with E-state index < -0.39 is 0 Å². The monoisotopic (exact) mass is 287 g/mol. The van der Waals surface area contributed by atoms with Gasteiger partial charge < -0.3 is 0 Å². The molecule has 0 aliphatic heterocycles. The second-order valence-electron chi connectivity index (χ2n) is 6.81. The number of allylic oxidation sites excluding steroid dienone is 2. The third kappa shape index (κ3) is 2.63. The van der Waals surface area contributed by atoms with Crippen LogP contribution in [-0.2, 0) is 0 Å². The zero-order valence-corrected chi connectivity index (χ0v) is 13.0. The Bertz CT molecular complexity index is 626. The molecule has 1 radical (unpaired) electrons. The van der Waals surface area contributed by atoms with E-state index in [0.717, 1.165) is 5.92 Å². The van der Waals surface area contributed by atoms with Gasteiger partial charge in [0.25, 0.3) is 0 Å². The summed E-state index contributed by atoms with van der Waals surface area (Å²) in [7, 11) is 0. The molecule has 4 unspecified atom stereocenters. The van der Waals surface area contributed by atoms with Crippen LogP contribution in [0.1, 0.15) is 48.6 Å². The first-order valence-corrected chi connectivity index (χ1v) is 8.59. The van der Waals surface area contributed by atoms with Gasteiger partial charge in [0.1, 0.15) is 0 Å². The highest BCUT2D eigenvalue weighted by molar-refractivity contribution is 5.27. The first-order chi connectivity index (χ1) is 10.9. The van der Waals surface area contributed by atoms with Gasteiger partial charge in [-0.05, 0) is 66.6 Å². The highest BCUT2D eigenvalue weighted by Gasteiger charge is 2.38. The van der Waals surface area contributed by atoms with Crippen LogP contribution in [0.5, 0.6) is 0 Å². The highest BCUT2D eigenvalue weighted by Crippen LogP contribution is 2.50. The van der Waals surface area contributed by atoms with Gasteiger partial charge in [0, 0.05) is 0 Å². The summed E-state index contributed by atoms with van der Waals surface area (Å²) < 4.78 is 0. The standard InChI is InChI=1S/C22H23/c1-3-9-17(10-4-1)20-15-19-13-7-8-14-21(19)22(16-20)18-11-5-2-6-12-18/h1-7,9-12,19-22H,8,14-16H2. The van der Waals surface area contributed by atoms with Crippen molar-refractivity contribution >= 4 is 0 Å². The summed E-state index contributed by atoms with van der Waals surface area (Å²) in [5.41, 5.74) is 3.04. The predicted molar refractivity (Wildman–Crippen MR) is 91.6 cm³/mol. The second kappa shape index (κ2) is 6.12. The average Bonchev–Trinajstić information content (AvgIpc) is 2.62. The number of benzene rings is 2. The molecule has 1 saturated carbocycles. The van der Waals surface area contributed by atoms with Crippen molar-refractivity contribution < 1.29 is 0 Å². The molecular formula is C22H23. The van der Waals surface area contributed by atoms with Gasteiger partial charge >= 0.3 is 0 Å². The molecule has 0 heteroatoms. The summed E-state index contributed by atoms with van der Waals surface area (Å²) in [6.45, 7) is 0. The maximum atomic E-state index is 3.70. The van der Waals surface area contributed by atoms with Gasteiger partial charge in [-0.3, -0.25) is 0 Å². The zero-order chi connectivity index (χ0) is 14.8. The van der Waals surface area contributed by atoms with E-state index in [9.17, 15) is 0 Å². The normalized spacial score (nSPS) is 30.7. The molecule has 1 fully saturated rings. The maximum Gasteiger partial charge on any atom is -0.0122 e. The van der Waals surface area contributed by atoms with Crippen LogP contribution in [0.25, 0.3) is 0 Å². The van der Waals surface area contributed by atoms with E-state index in [1.54, 1.807) is 0 Å². The Labute approximate surface area is 133 Å².